The molecule has 1 N–H and O–H groups in total. The minimum Gasteiger partial charge on any atom is -0.265 e. The van der Waals surface area contributed by atoms with Gasteiger partial charge in [-0.05, 0) is 30.8 Å². The standard InChI is InChI=1S/C11H13N5S/c1-2-3-6-13-16-10(14-15-11(16)17)9-4-7-12-8-5-9/h4-8H,2-3H2,1H3,(H,15,17)/b13-6+. The number of nitrogens with one attached hydrogen (secondary N) is 1. The van der Waals surface area contributed by atoms with E-state index in [4.69, 9.17) is 12.2 Å². The summed E-state index contributed by atoms with van der Waals surface area (Å²) in [7, 11) is 0. The molecule has 6 heteroatoms. The monoisotopic (exact) mass is 247 g/mol. The molecule has 0 aromatic carbocycles. The second-order valence-corrected chi connectivity index (χ2v) is 3.87. The Morgan fingerprint density at radius 2 is 2.24 bits per heavy atom. The minimum absolute atomic E-state index is 0.490. The van der Waals surface area contributed by atoms with Crippen molar-refractivity contribution in [3.63, 3.8) is 0 Å². The van der Waals surface area contributed by atoms with Gasteiger partial charge in [0.1, 0.15) is 0 Å². The highest BCUT2D eigenvalue weighted by Crippen LogP contribution is 2.15. The first kappa shape index (κ1) is 11.7. The van der Waals surface area contributed by atoms with E-state index in [1.54, 1.807) is 17.1 Å². The van der Waals surface area contributed by atoms with Crippen molar-refractivity contribution in [2.45, 2.75) is 19.8 Å². The van der Waals surface area contributed by atoms with Crippen molar-refractivity contribution < 1.29 is 0 Å². The Labute approximate surface area is 104 Å². The zero-order valence-corrected chi connectivity index (χ0v) is 10.3. The predicted molar refractivity (Wildman–Crippen MR) is 69.4 cm³/mol. The maximum Gasteiger partial charge on any atom is 0.216 e. The van der Waals surface area contributed by atoms with Gasteiger partial charge in [0.15, 0.2) is 5.82 Å². The van der Waals surface area contributed by atoms with Crippen molar-refractivity contribution in [1.82, 2.24) is 19.9 Å². The molecule has 0 amide bonds. The third-order valence-corrected chi connectivity index (χ3v) is 2.47. The lowest BCUT2D eigenvalue weighted by Crippen LogP contribution is -1.94. The molecule has 0 aliphatic carbocycles. The SMILES string of the molecule is CCC/C=N/n1c(-c2ccncc2)n[nH]c1=S. The van der Waals surface area contributed by atoms with Crippen LogP contribution in [0.5, 0.6) is 0 Å². The summed E-state index contributed by atoms with van der Waals surface area (Å²) in [5, 5.41) is 11.2. The zero-order valence-electron chi connectivity index (χ0n) is 9.50. The van der Waals surface area contributed by atoms with E-state index in [1.165, 1.54) is 0 Å². The van der Waals surface area contributed by atoms with Gasteiger partial charge in [0.25, 0.3) is 0 Å². The lowest BCUT2D eigenvalue weighted by Gasteiger charge is -1.99. The molecule has 0 bridgehead atoms. The zero-order chi connectivity index (χ0) is 12.1. The molecule has 2 rings (SSSR count). The number of hydrogen-bond acceptors (Lipinski definition) is 4. The van der Waals surface area contributed by atoms with Crippen molar-refractivity contribution in [3.8, 4) is 11.4 Å². The van der Waals surface area contributed by atoms with E-state index < -0.39 is 0 Å². The van der Waals surface area contributed by atoms with Gasteiger partial charge in [0.2, 0.25) is 4.77 Å². The molecule has 0 saturated carbocycles. The van der Waals surface area contributed by atoms with E-state index in [9.17, 15) is 0 Å². The lowest BCUT2D eigenvalue weighted by atomic mass is 10.2. The van der Waals surface area contributed by atoms with Crippen LogP contribution in [0.2, 0.25) is 0 Å². The van der Waals surface area contributed by atoms with Crippen molar-refractivity contribution in [3.05, 3.63) is 29.3 Å². The first-order valence-corrected chi connectivity index (χ1v) is 5.84. The van der Waals surface area contributed by atoms with Crippen LogP contribution in [0.4, 0.5) is 0 Å². The van der Waals surface area contributed by atoms with E-state index in [1.807, 2.05) is 18.3 Å². The van der Waals surface area contributed by atoms with Crippen molar-refractivity contribution in [2.24, 2.45) is 5.10 Å². The number of rotatable bonds is 4. The molecule has 5 nitrogen and oxygen atoms in total. The van der Waals surface area contributed by atoms with Crippen molar-refractivity contribution in [2.75, 3.05) is 0 Å². The Bertz CT molecular complexity index is 555. The molecular weight excluding hydrogens is 234 g/mol. The molecule has 2 heterocycles. The van der Waals surface area contributed by atoms with Gasteiger partial charge in [-0.25, -0.2) is 5.10 Å². The van der Waals surface area contributed by atoms with Crippen LogP contribution in [0.25, 0.3) is 11.4 Å². The summed E-state index contributed by atoms with van der Waals surface area (Å²) in [6.07, 6.45) is 7.25. The van der Waals surface area contributed by atoms with Gasteiger partial charge < -0.3 is 0 Å². The lowest BCUT2D eigenvalue weighted by molar-refractivity contribution is 0.858. The third kappa shape index (κ3) is 2.65. The van der Waals surface area contributed by atoms with Crippen molar-refractivity contribution in [1.29, 1.82) is 0 Å². The summed E-state index contributed by atoms with van der Waals surface area (Å²) >= 11 is 5.14. The molecule has 0 unspecified atom stereocenters. The van der Waals surface area contributed by atoms with Crippen LogP contribution in [0.3, 0.4) is 0 Å². The molecule has 2 aromatic heterocycles. The number of H-pyrrole nitrogens is 1. The highest BCUT2D eigenvalue weighted by atomic mass is 32.1. The fourth-order valence-electron chi connectivity index (χ4n) is 1.36. The second kappa shape index (κ2) is 5.49. The molecule has 0 atom stereocenters. The van der Waals surface area contributed by atoms with Crippen LogP contribution in [0, 0.1) is 4.77 Å². The highest BCUT2D eigenvalue weighted by molar-refractivity contribution is 7.71. The summed E-state index contributed by atoms with van der Waals surface area (Å²) in [6, 6.07) is 3.74. The van der Waals surface area contributed by atoms with Gasteiger partial charge in [-0.1, -0.05) is 13.3 Å². The number of aromatic nitrogens is 4. The van der Waals surface area contributed by atoms with Crippen molar-refractivity contribution >= 4 is 18.4 Å². The molecule has 0 spiro atoms. The molecule has 17 heavy (non-hydrogen) atoms. The summed E-state index contributed by atoms with van der Waals surface area (Å²) < 4.78 is 2.12. The average Bonchev–Trinajstić information content (AvgIpc) is 2.73. The Morgan fingerprint density at radius 1 is 1.47 bits per heavy atom. The average molecular weight is 247 g/mol. The van der Waals surface area contributed by atoms with E-state index in [0.29, 0.717) is 10.6 Å². The largest absolute Gasteiger partial charge is 0.265 e. The van der Waals surface area contributed by atoms with Crippen LogP contribution < -0.4 is 0 Å². The topological polar surface area (TPSA) is 58.9 Å². The minimum atomic E-state index is 0.490. The molecule has 0 aliphatic heterocycles. The Hall–Kier alpha value is -1.82. The molecule has 0 fully saturated rings. The van der Waals surface area contributed by atoms with Gasteiger partial charge in [0.05, 0.1) is 0 Å². The fourth-order valence-corrected chi connectivity index (χ4v) is 1.53. The molecule has 0 radical (unpaired) electrons. The van der Waals surface area contributed by atoms with Gasteiger partial charge in [-0.2, -0.15) is 14.9 Å². The quantitative estimate of drug-likeness (QED) is 0.667. The Morgan fingerprint density at radius 3 is 2.94 bits per heavy atom. The van der Waals surface area contributed by atoms with Crippen LogP contribution in [-0.2, 0) is 0 Å². The number of aromatic amines is 1. The number of hydrogen-bond donors (Lipinski definition) is 1. The predicted octanol–water partition coefficient (Wildman–Crippen LogP) is 2.64. The molecular formula is C11H13N5S. The summed E-state index contributed by atoms with van der Waals surface area (Å²) in [5.74, 6) is 0.699. The van der Waals surface area contributed by atoms with E-state index in [2.05, 4.69) is 27.2 Å². The maximum absolute atomic E-state index is 5.14. The van der Waals surface area contributed by atoms with E-state index >= 15 is 0 Å². The Balaban J connectivity index is 2.39. The van der Waals surface area contributed by atoms with E-state index in [-0.39, 0.29) is 0 Å². The molecule has 88 valence electrons. The number of unbranched alkanes of at least 4 members (excludes halogenated alkanes) is 1. The van der Waals surface area contributed by atoms with Gasteiger partial charge in [-0.3, -0.25) is 4.98 Å². The second-order valence-electron chi connectivity index (χ2n) is 3.49. The normalized spacial score (nSPS) is 11.1. The molecule has 2 aromatic rings. The third-order valence-electron chi connectivity index (χ3n) is 2.20. The fraction of sp³-hybridized carbons (Fsp3) is 0.273. The molecule has 0 aliphatic rings. The van der Waals surface area contributed by atoms with Crippen LogP contribution in [0.15, 0.2) is 29.6 Å². The van der Waals surface area contributed by atoms with E-state index in [0.717, 1.165) is 18.4 Å². The van der Waals surface area contributed by atoms with Crippen LogP contribution in [0.1, 0.15) is 19.8 Å². The van der Waals surface area contributed by atoms with Gasteiger partial charge in [0, 0.05) is 24.2 Å². The summed E-state index contributed by atoms with van der Waals surface area (Å²) in [6.45, 7) is 2.10. The maximum atomic E-state index is 5.14. The van der Waals surface area contributed by atoms with Crippen LogP contribution in [-0.4, -0.2) is 26.1 Å². The summed E-state index contributed by atoms with van der Waals surface area (Å²) in [4.78, 5) is 3.97. The highest BCUT2D eigenvalue weighted by Gasteiger charge is 2.06. The van der Waals surface area contributed by atoms with Gasteiger partial charge >= 0.3 is 0 Å². The molecule has 0 saturated heterocycles. The van der Waals surface area contributed by atoms with Crippen LogP contribution >= 0.6 is 12.2 Å². The summed E-state index contributed by atoms with van der Waals surface area (Å²) in [5.41, 5.74) is 0.931. The Kier molecular flexibility index (Phi) is 3.77. The number of nitrogens with zero attached hydrogens (tertiary/aromatic N) is 4. The first-order valence-electron chi connectivity index (χ1n) is 5.43. The number of pyridine rings is 1. The van der Waals surface area contributed by atoms with Gasteiger partial charge in [-0.15, -0.1) is 0 Å². The smallest absolute Gasteiger partial charge is 0.216 e. The first-order chi connectivity index (χ1) is 8.33.